The van der Waals surface area contributed by atoms with E-state index in [0.717, 1.165) is 11.3 Å². The summed E-state index contributed by atoms with van der Waals surface area (Å²) < 4.78 is 4.82. The van der Waals surface area contributed by atoms with E-state index in [1.54, 1.807) is 17.4 Å². The molecule has 0 radical (unpaired) electrons. The standard InChI is InChI=1S/C15H18N2O3S/c1-2-12-3-4-13(21-12)9-17-14(18)5-7-16-15(19)11-6-8-20-10-11/h3-4,6,8,10H,2,5,7,9H2,1H3,(H,16,19)(H,17,18). The molecule has 0 aromatic carbocycles. The van der Waals surface area contributed by atoms with Crippen LogP contribution in [0.5, 0.6) is 0 Å². The quantitative estimate of drug-likeness (QED) is 0.825. The minimum Gasteiger partial charge on any atom is -0.472 e. The summed E-state index contributed by atoms with van der Waals surface area (Å²) in [5, 5.41) is 5.52. The van der Waals surface area contributed by atoms with Gasteiger partial charge < -0.3 is 15.1 Å². The molecule has 0 bridgehead atoms. The lowest BCUT2D eigenvalue weighted by atomic mass is 10.3. The zero-order valence-electron chi connectivity index (χ0n) is 11.8. The first kappa shape index (κ1) is 15.3. The number of aryl methyl sites for hydroxylation is 1. The van der Waals surface area contributed by atoms with Crippen LogP contribution >= 0.6 is 11.3 Å². The fraction of sp³-hybridized carbons (Fsp3) is 0.333. The molecule has 0 aliphatic heterocycles. The van der Waals surface area contributed by atoms with E-state index in [1.165, 1.54) is 17.4 Å². The first-order valence-corrected chi connectivity index (χ1v) is 7.65. The van der Waals surface area contributed by atoms with Crippen LogP contribution in [0.4, 0.5) is 0 Å². The minimum atomic E-state index is -0.234. The van der Waals surface area contributed by atoms with Gasteiger partial charge in [0.15, 0.2) is 0 Å². The molecule has 0 fully saturated rings. The first-order chi connectivity index (χ1) is 10.2. The van der Waals surface area contributed by atoms with Crippen molar-refractivity contribution < 1.29 is 14.0 Å². The average molecular weight is 306 g/mol. The summed E-state index contributed by atoms with van der Waals surface area (Å²) in [6, 6.07) is 5.69. The molecule has 2 aromatic rings. The second-order valence-corrected chi connectivity index (χ2v) is 5.77. The largest absolute Gasteiger partial charge is 0.472 e. The number of hydrogen-bond acceptors (Lipinski definition) is 4. The summed E-state index contributed by atoms with van der Waals surface area (Å²) >= 11 is 1.71. The molecule has 2 amide bonds. The molecule has 0 unspecified atom stereocenters. The van der Waals surface area contributed by atoms with E-state index < -0.39 is 0 Å². The van der Waals surface area contributed by atoms with Gasteiger partial charge in [0.1, 0.15) is 6.26 Å². The Hall–Kier alpha value is -2.08. The van der Waals surface area contributed by atoms with E-state index in [0.29, 0.717) is 18.7 Å². The highest BCUT2D eigenvalue weighted by atomic mass is 32.1. The van der Waals surface area contributed by atoms with Crippen LogP contribution in [0, 0.1) is 0 Å². The van der Waals surface area contributed by atoms with Gasteiger partial charge in [0.25, 0.3) is 5.91 Å². The molecule has 0 saturated carbocycles. The maximum atomic E-state index is 11.7. The fourth-order valence-corrected chi connectivity index (χ4v) is 2.66. The smallest absolute Gasteiger partial charge is 0.254 e. The first-order valence-electron chi connectivity index (χ1n) is 6.83. The molecule has 112 valence electrons. The maximum Gasteiger partial charge on any atom is 0.254 e. The molecule has 0 saturated heterocycles. The lowest BCUT2D eigenvalue weighted by Gasteiger charge is -2.05. The monoisotopic (exact) mass is 306 g/mol. The number of furan rings is 1. The van der Waals surface area contributed by atoms with Crippen LogP contribution in [0.3, 0.4) is 0 Å². The van der Waals surface area contributed by atoms with Crippen molar-refractivity contribution in [3.05, 3.63) is 46.0 Å². The predicted octanol–water partition coefficient (Wildman–Crippen LogP) is 2.34. The summed E-state index contributed by atoms with van der Waals surface area (Å²) in [6.45, 7) is 2.95. The summed E-state index contributed by atoms with van der Waals surface area (Å²) in [5.41, 5.74) is 0.459. The molecule has 2 heterocycles. The molecule has 0 aliphatic carbocycles. The molecule has 5 nitrogen and oxygen atoms in total. The van der Waals surface area contributed by atoms with Crippen LogP contribution in [-0.4, -0.2) is 18.4 Å². The van der Waals surface area contributed by atoms with Crippen molar-refractivity contribution in [3.8, 4) is 0 Å². The number of thiophene rings is 1. The molecular formula is C15H18N2O3S. The number of hydrogen-bond donors (Lipinski definition) is 2. The Kier molecular flexibility index (Phi) is 5.57. The van der Waals surface area contributed by atoms with Gasteiger partial charge in [-0.2, -0.15) is 0 Å². The van der Waals surface area contributed by atoms with E-state index in [-0.39, 0.29) is 18.2 Å². The highest BCUT2D eigenvalue weighted by Crippen LogP contribution is 2.16. The number of rotatable bonds is 7. The van der Waals surface area contributed by atoms with Crippen molar-refractivity contribution in [1.29, 1.82) is 0 Å². The van der Waals surface area contributed by atoms with Crippen molar-refractivity contribution in [1.82, 2.24) is 10.6 Å². The van der Waals surface area contributed by atoms with Crippen LogP contribution < -0.4 is 10.6 Å². The molecule has 2 rings (SSSR count). The molecule has 6 heteroatoms. The zero-order valence-corrected chi connectivity index (χ0v) is 12.7. The number of carbonyl (C=O) groups is 2. The Morgan fingerprint density at radius 1 is 1.19 bits per heavy atom. The van der Waals surface area contributed by atoms with Crippen molar-refractivity contribution in [2.45, 2.75) is 26.3 Å². The predicted molar refractivity (Wildman–Crippen MR) is 81.2 cm³/mol. The lowest BCUT2D eigenvalue weighted by molar-refractivity contribution is -0.121. The fourth-order valence-electron chi connectivity index (χ4n) is 1.77. The van der Waals surface area contributed by atoms with E-state index in [4.69, 9.17) is 4.42 Å². The van der Waals surface area contributed by atoms with Gasteiger partial charge in [0.2, 0.25) is 5.91 Å². The van der Waals surface area contributed by atoms with E-state index in [1.807, 2.05) is 6.07 Å². The minimum absolute atomic E-state index is 0.0751. The van der Waals surface area contributed by atoms with Crippen LogP contribution in [-0.2, 0) is 17.8 Å². The summed E-state index contributed by atoms with van der Waals surface area (Å²) in [5.74, 6) is -0.309. The topological polar surface area (TPSA) is 71.3 Å². The molecule has 0 atom stereocenters. The van der Waals surface area contributed by atoms with Crippen LogP contribution in [0.25, 0.3) is 0 Å². The Labute approximate surface area is 127 Å². The number of amides is 2. The molecule has 2 aromatic heterocycles. The Balaban J connectivity index is 1.64. The van der Waals surface area contributed by atoms with Gasteiger partial charge >= 0.3 is 0 Å². The van der Waals surface area contributed by atoms with Gasteiger partial charge in [-0.1, -0.05) is 6.92 Å². The maximum absolute atomic E-state index is 11.7. The van der Waals surface area contributed by atoms with Gasteiger partial charge in [-0.25, -0.2) is 0 Å². The SMILES string of the molecule is CCc1ccc(CNC(=O)CCNC(=O)c2ccoc2)s1. The molecule has 0 aliphatic rings. The third kappa shape index (κ3) is 4.75. The van der Waals surface area contributed by atoms with Crippen LogP contribution in [0.2, 0.25) is 0 Å². The third-order valence-corrected chi connectivity index (χ3v) is 4.18. The van der Waals surface area contributed by atoms with E-state index in [9.17, 15) is 9.59 Å². The Bertz CT molecular complexity index is 590. The van der Waals surface area contributed by atoms with Crippen LogP contribution in [0.15, 0.2) is 35.1 Å². The van der Waals surface area contributed by atoms with Gasteiger partial charge in [-0.15, -0.1) is 11.3 Å². The van der Waals surface area contributed by atoms with Gasteiger partial charge in [0, 0.05) is 22.7 Å². The zero-order chi connectivity index (χ0) is 15.1. The van der Waals surface area contributed by atoms with Crippen LogP contribution in [0.1, 0.15) is 33.5 Å². The third-order valence-electron chi connectivity index (χ3n) is 2.95. The molecular weight excluding hydrogens is 288 g/mol. The summed E-state index contributed by atoms with van der Waals surface area (Å²) in [6.07, 6.45) is 4.08. The normalized spacial score (nSPS) is 10.3. The highest BCUT2D eigenvalue weighted by molar-refractivity contribution is 7.11. The second kappa shape index (κ2) is 7.64. The van der Waals surface area contributed by atoms with Gasteiger partial charge in [-0.05, 0) is 24.6 Å². The number of carbonyl (C=O) groups excluding carboxylic acids is 2. The summed E-state index contributed by atoms with van der Waals surface area (Å²) in [7, 11) is 0. The second-order valence-electron chi connectivity index (χ2n) is 4.52. The highest BCUT2D eigenvalue weighted by Gasteiger charge is 2.07. The van der Waals surface area contributed by atoms with Crippen molar-refractivity contribution >= 4 is 23.2 Å². The average Bonchev–Trinajstić information content (AvgIpc) is 3.16. The van der Waals surface area contributed by atoms with E-state index in [2.05, 4.69) is 23.6 Å². The summed E-state index contributed by atoms with van der Waals surface area (Å²) in [4.78, 5) is 25.7. The Morgan fingerprint density at radius 2 is 2.00 bits per heavy atom. The van der Waals surface area contributed by atoms with E-state index >= 15 is 0 Å². The lowest BCUT2D eigenvalue weighted by Crippen LogP contribution is -2.30. The van der Waals surface area contributed by atoms with Gasteiger partial charge in [0.05, 0.1) is 18.4 Å². The van der Waals surface area contributed by atoms with Crippen molar-refractivity contribution in [2.24, 2.45) is 0 Å². The Morgan fingerprint density at radius 3 is 2.67 bits per heavy atom. The number of nitrogens with one attached hydrogen (secondary N) is 2. The van der Waals surface area contributed by atoms with Gasteiger partial charge in [-0.3, -0.25) is 9.59 Å². The molecule has 2 N–H and O–H groups in total. The van der Waals surface area contributed by atoms with Crippen molar-refractivity contribution in [3.63, 3.8) is 0 Å². The molecule has 21 heavy (non-hydrogen) atoms. The van der Waals surface area contributed by atoms with Crippen molar-refractivity contribution in [2.75, 3.05) is 6.54 Å². The molecule has 0 spiro atoms.